The molecule has 1 aliphatic carbocycles. The molecule has 0 heterocycles. The summed E-state index contributed by atoms with van der Waals surface area (Å²) in [6, 6.07) is 18.4. The highest BCUT2D eigenvalue weighted by Gasteiger charge is 2.28. The SMILES string of the molecule is Cc1ccc(S(=O)(=O)N(CC(=O)N[C@H](C)c2ccc3c(c2)CCC3)c2cc(C)cc(C)c2)cc1. The van der Waals surface area contributed by atoms with Gasteiger partial charge in [-0.3, -0.25) is 9.10 Å². The number of anilines is 1. The molecule has 0 spiro atoms. The van der Waals surface area contributed by atoms with E-state index in [9.17, 15) is 13.2 Å². The van der Waals surface area contributed by atoms with Gasteiger partial charge in [0.25, 0.3) is 10.0 Å². The van der Waals surface area contributed by atoms with Crippen LogP contribution in [0, 0.1) is 20.8 Å². The van der Waals surface area contributed by atoms with Crippen LogP contribution in [0.1, 0.15) is 52.8 Å². The molecule has 0 saturated heterocycles. The van der Waals surface area contributed by atoms with Gasteiger partial charge < -0.3 is 5.32 Å². The van der Waals surface area contributed by atoms with E-state index in [1.807, 2.05) is 33.8 Å². The Bertz CT molecular complexity index is 1290. The lowest BCUT2D eigenvalue weighted by Crippen LogP contribution is -2.41. The van der Waals surface area contributed by atoms with Gasteiger partial charge in [0.1, 0.15) is 6.54 Å². The van der Waals surface area contributed by atoms with Gasteiger partial charge in [0, 0.05) is 0 Å². The van der Waals surface area contributed by atoms with Gasteiger partial charge >= 0.3 is 0 Å². The molecule has 0 aliphatic heterocycles. The van der Waals surface area contributed by atoms with Crippen molar-refractivity contribution >= 4 is 21.6 Å². The Morgan fingerprint density at radius 2 is 1.53 bits per heavy atom. The number of hydrogen-bond acceptors (Lipinski definition) is 3. The average molecular weight is 477 g/mol. The standard InChI is InChI=1S/C28H32N2O3S/c1-19-8-12-27(13-9-19)34(32,33)30(26-15-20(2)14-21(3)16-26)18-28(31)29-22(4)24-11-10-23-6-5-7-25(23)17-24/h8-17,22H,5-7,18H2,1-4H3,(H,29,31)/t22-/m1/s1. The molecule has 178 valence electrons. The molecule has 0 saturated carbocycles. The van der Waals surface area contributed by atoms with E-state index in [4.69, 9.17) is 0 Å². The molecule has 0 unspecified atom stereocenters. The fourth-order valence-corrected chi connectivity index (χ4v) is 6.01. The van der Waals surface area contributed by atoms with Gasteiger partial charge in [-0.15, -0.1) is 0 Å². The normalized spacial score (nSPS) is 13.9. The number of benzene rings is 3. The maximum Gasteiger partial charge on any atom is 0.264 e. The Kier molecular flexibility index (Phi) is 6.80. The van der Waals surface area contributed by atoms with Crippen LogP contribution >= 0.6 is 0 Å². The lowest BCUT2D eigenvalue weighted by molar-refractivity contribution is -0.120. The van der Waals surface area contributed by atoms with Crippen LogP contribution in [0.25, 0.3) is 0 Å². The molecule has 3 aromatic carbocycles. The first-order valence-electron chi connectivity index (χ1n) is 11.7. The van der Waals surface area contributed by atoms with Gasteiger partial charge in [-0.2, -0.15) is 0 Å². The van der Waals surface area contributed by atoms with Crippen LogP contribution in [0.2, 0.25) is 0 Å². The molecule has 4 rings (SSSR count). The number of carbonyl (C=O) groups excluding carboxylic acids is 1. The fraction of sp³-hybridized carbons (Fsp3) is 0.321. The van der Waals surface area contributed by atoms with Gasteiger partial charge in [0.15, 0.2) is 0 Å². The Morgan fingerprint density at radius 1 is 0.882 bits per heavy atom. The zero-order valence-electron chi connectivity index (χ0n) is 20.3. The van der Waals surface area contributed by atoms with Gasteiger partial charge in [0.2, 0.25) is 5.91 Å². The minimum absolute atomic E-state index is 0.164. The first-order chi connectivity index (χ1) is 16.1. The van der Waals surface area contributed by atoms with Crippen LogP contribution < -0.4 is 9.62 Å². The molecule has 3 aromatic rings. The highest BCUT2D eigenvalue weighted by atomic mass is 32.2. The molecule has 1 amide bonds. The predicted molar refractivity (Wildman–Crippen MR) is 137 cm³/mol. The second-order valence-corrected chi connectivity index (χ2v) is 11.2. The molecule has 0 aromatic heterocycles. The maximum atomic E-state index is 13.6. The van der Waals surface area contributed by atoms with Gasteiger partial charge in [0.05, 0.1) is 16.6 Å². The first kappa shape index (κ1) is 24.0. The topological polar surface area (TPSA) is 66.5 Å². The lowest BCUT2D eigenvalue weighted by Gasteiger charge is -2.26. The van der Waals surface area contributed by atoms with Crippen molar-refractivity contribution in [3.63, 3.8) is 0 Å². The van der Waals surface area contributed by atoms with Crippen molar-refractivity contribution in [2.24, 2.45) is 0 Å². The summed E-state index contributed by atoms with van der Waals surface area (Å²) in [5.41, 5.74) is 7.09. The van der Waals surface area contributed by atoms with Crippen LogP contribution in [0.4, 0.5) is 5.69 Å². The van der Waals surface area contributed by atoms with E-state index in [1.54, 1.807) is 36.4 Å². The van der Waals surface area contributed by atoms with Crippen LogP contribution in [0.15, 0.2) is 65.6 Å². The average Bonchev–Trinajstić information content (AvgIpc) is 3.25. The van der Waals surface area contributed by atoms with Gasteiger partial charge in [-0.25, -0.2) is 8.42 Å². The molecule has 0 bridgehead atoms. The van der Waals surface area contributed by atoms with E-state index in [0.29, 0.717) is 5.69 Å². The summed E-state index contributed by atoms with van der Waals surface area (Å²) < 4.78 is 28.5. The Hall–Kier alpha value is -3.12. The van der Waals surface area contributed by atoms with Crippen molar-refractivity contribution in [2.45, 2.75) is 57.9 Å². The second-order valence-electron chi connectivity index (χ2n) is 9.34. The molecule has 0 radical (unpaired) electrons. The second kappa shape index (κ2) is 9.63. The van der Waals surface area contributed by atoms with E-state index >= 15 is 0 Å². The van der Waals surface area contributed by atoms with Crippen molar-refractivity contribution in [1.29, 1.82) is 0 Å². The Balaban J connectivity index is 1.61. The lowest BCUT2D eigenvalue weighted by atomic mass is 10.0. The van der Waals surface area contributed by atoms with E-state index in [1.165, 1.54) is 21.9 Å². The van der Waals surface area contributed by atoms with Gasteiger partial charge in [-0.1, -0.05) is 42.0 Å². The predicted octanol–water partition coefficient (Wildman–Crippen LogP) is 5.17. The number of aryl methyl sites for hydroxylation is 5. The summed E-state index contributed by atoms with van der Waals surface area (Å²) in [6.07, 6.45) is 3.35. The van der Waals surface area contributed by atoms with Crippen LogP contribution in [0.3, 0.4) is 0 Å². The number of rotatable bonds is 7. The highest BCUT2D eigenvalue weighted by molar-refractivity contribution is 7.92. The molecule has 1 N–H and O–H groups in total. The quantitative estimate of drug-likeness (QED) is 0.511. The van der Waals surface area contributed by atoms with Crippen LogP contribution in [0.5, 0.6) is 0 Å². The summed E-state index contributed by atoms with van der Waals surface area (Å²) in [5, 5.41) is 3.00. The van der Waals surface area contributed by atoms with Gasteiger partial charge in [-0.05, 0) is 99.0 Å². The summed E-state index contributed by atoms with van der Waals surface area (Å²) in [5.74, 6) is -0.345. The maximum absolute atomic E-state index is 13.6. The third-order valence-electron chi connectivity index (χ3n) is 6.39. The zero-order valence-corrected chi connectivity index (χ0v) is 21.1. The highest BCUT2D eigenvalue weighted by Crippen LogP contribution is 2.27. The number of nitrogens with zero attached hydrogens (tertiary/aromatic N) is 1. The van der Waals surface area contributed by atoms with Crippen LogP contribution in [-0.2, 0) is 27.7 Å². The molecular weight excluding hydrogens is 444 g/mol. The first-order valence-corrected chi connectivity index (χ1v) is 13.2. The number of nitrogens with one attached hydrogen (secondary N) is 1. The van der Waals surface area contributed by atoms with E-state index in [2.05, 4.69) is 23.5 Å². The van der Waals surface area contributed by atoms with Crippen molar-refractivity contribution < 1.29 is 13.2 Å². The molecule has 0 fully saturated rings. The number of sulfonamides is 1. The van der Waals surface area contributed by atoms with E-state index in [0.717, 1.165) is 35.1 Å². The third-order valence-corrected chi connectivity index (χ3v) is 8.18. The number of carbonyl (C=O) groups is 1. The van der Waals surface area contributed by atoms with Crippen molar-refractivity contribution in [1.82, 2.24) is 5.32 Å². The molecule has 1 atom stereocenters. The third kappa shape index (κ3) is 5.17. The molecule has 1 aliphatic rings. The molecule has 34 heavy (non-hydrogen) atoms. The summed E-state index contributed by atoms with van der Waals surface area (Å²) >= 11 is 0. The smallest absolute Gasteiger partial charge is 0.264 e. The molecule has 5 nitrogen and oxygen atoms in total. The minimum atomic E-state index is -3.94. The largest absolute Gasteiger partial charge is 0.348 e. The number of hydrogen-bond donors (Lipinski definition) is 1. The van der Waals surface area contributed by atoms with E-state index in [-0.39, 0.29) is 23.4 Å². The fourth-order valence-electron chi connectivity index (χ4n) is 4.61. The molecule has 6 heteroatoms. The summed E-state index contributed by atoms with van der Waals surface area (Å²) in [6.45, 7) is 7.39. The summed E-state index contributed by atoms with van der Waals surface area (Å²) in [4.78, 5) is 13.3. The van der Waals surface area contributed by atoms with Crippen molar-refractivity contribution in [3.8, 4) is 0 Å². The minimum Gasteiger partial charge on any atom is -0.348 e. The zero-order chi connectivity index (χ0) is 24.5. The van der Waals surface area contributed by atoms with Crippen molar-refractivity contribution in [2.75, 3.05) is 10.8 Å². The Labute approximate surface area is 202 Å². The number of fused-ring (bicyclic) bond motifs is 1. The Morgan fingerprint density at radius 3 is 2.21 bits per heavy atom. The number of amides is 1. The van der Waals surface area contributed by atoms with Crippen LogP contribution in [-0.4, -0.2) is 20.9 Å². The van der Waals surface area contributed by atoms with E-state index < -0.39 is 10.0 Å². The monoisotopic (exact) mass is 476 g/mol. The molecular formula is C28H32N2O3S. The summed E-state index contributed by atoms with van der Waals surface area (Å²) in [7, 11) is -3.94. The van der Waals surface area contributed by atoms with Crippen molar-refractivity contribution in [3.05, 3.63) is 94.0 Å².